The first-order valence-electron chi connectivity index (χ1n) is 8.18. The molecule has 2 fully saturated rings. The highest BCUT2D eigenvalue weighted by atomic mass is 16.5. The van der Waals surface area contributed by atoms with Gasteiger partial charge in [0, 0.05) is 25.4 Å². The number of rotatable bonds is 3. The van der Waals surface area contributed by atoms with Crippen LogP contribution in [0.25, 0.3) is 10.9 Å². The zero-order valence-corrected chi connectivity index (χ0v) is 12.8. The van der Waals surface area contributed by atoms with Gasteiger partial charge in [0.05, 0.1) is 11.1 Å². The Hall–Kier alpha value is -1.32. The van der Waals surface area contributed by atoms with Crippen molar-refractivity contribution in [2.45, 2.75) is 50.3 Å². The largest absolute Gasteiger partial charge is 0.375 e. The Bertz CT molecular complexity index is 642. The smallest absolute Gasteiger partial charge is 0.0702 e. The van der Waals surface area contributed by atoms with Gasteiger partial charge < -0.3 is 14.6 Å². The van der Waals surface area contributed by atoms with Gasteiger partial charge in [-0.1, -0.05) is 18.2 Å². The summed E-state index contributed by atoms with van der Waals surface area (Å²) < 4.78 is 8.61. The number of hydrogen-bond donors (Lipinski definition) is 1. The molecule has 1 atom stereocenters. The number of nitrogens with one attached hydrogen (secondary N) is 1. The molecule has 1 aromatic heterocycles. The number of fused-ring (bicyclic) bond motifs is 1. The van der Waals surface area contributed by atoms with Crippen molar-refractivity contribution in [3.05, 3.63) is 36.0 Å². The van der Waals surface area contributed by atoms with Crippen molar-refractivity contribution < 1.29 is 4.74 Å². The van der Waals surface area contributed by atoms with Crippen LogP contribution in [0.3, 0.4) is 0 Å². The molecule has 4 rings (SSSR count). The molecule has 112 valence electrons. The molecule has 1 aromatic carbocycles. The van der Waals surface area contributed by atoms with Crippen molar-refractivity contribution in [3.63, 3.8) is 0 Å². The normalized spacial score (nSPS) is 24.3. The summed E-state index contributed by atoms with van der Waals surface area (Å²) in [5.41, 5.74) is 3.01. The zero-order chi connectivity index (χ0) is 14.3. The minimum absolute atomic E-state index is 0.206. The average molecular weight is 284 g/mol. The number of hydrogen-bond acceptors (Lipinski definition) is 2. The molecule has 0 radical (unpaired) electrons. The molecular formula is C18H24N2O. The first kappa shape index (κ1) is 13.4. The summed E-state index contributed by atoms with van der Waals surface area (Å²) in [6, 6.07) is 9.49. The number of benzene rings is 1. The highest BCUT2D eigenvalue weighted by Crippen LogP contribution is 2.46. The molecule has 1 N–H and O–H groups in total. The zero-order valence-electron chi connectivity index (χ0n) is 12.8. The van der Waals surface area contributed by atoms with Gasteiger partial charge in [0.2, 0.25) is 0 Å². The van der Waals surface area contributed by atoms with Crippen LogP contribution in [0.2, 0.25) is 0 Å². The Kier molecular flexibility index (Phi) is 3.27. The van der Waals surface area contributed by atoms with Gasteiger partial charge in [-0.15, -0.1) is 0 Å². The Balaban J connectivity index is 1.72. The molecule has 1 spiro atoms. The van der Waals surface area contributed by atoms with Crippen LogP contribution in [0.4, 0.5) is 0 Å². The lowest BCUT2D eigenvalue weighted by Crippen LogP contribution is -2.45. The van der Waals surface area contributed by atoms with Crippen LogP contribution in [0.1, 0.15) is 43.7 Å². The van der Waals surface area contributed by atoms with E-state index in [1.807, 2.05) is 7.05 Å². The van der Waals surface area contributed by atoms with Gasteiger partial charge in [0.1, 0.15) is 0 Å². The summed E-state index contributed by atoms with van der Waals surface area (Å²) in [4.78, 5) is 0. The number of nitrogens with zero attached hydrogens (tertiary/aromatic N) is 1. The van der Waals surface area contributed by atoms with Gasteiger partial charge in [0.15, 0.2) is 0 Å². The van der Waals surface area contributed by atoms with E-state index < -0.39 is 0 Å². The fraction of sp³-hybridized carbons (Fsp3) is 0.556. The summed E-state index contributed by atoms with van der Waals surface area (Å²) in [5.74, 6) is 0. The predicted molar refractivity (Wildman–Crippen MR) is 85.5 cm³/mol. The molecule has 1 saturated heterocycles. The van der Waals surface area contributed by atoms with Crippen molar-refractivity contribution in [2.24, 2.45) is 0 Å². The molecular weight excluding hydrogens is 260 g/mol. The van der Waals surface area contributed by atoms with E-state index >= 15 is 0 Å². The first-order chi connectivity index (χ1) is 10.3. The second kappa shape index (κ2) is 5.15. The lowest BCUT2D eigenvalue weighted by atomic mass is 9.74. The third-order valence-electron chi connectivity index (χ3n) is 5.32. The molecule has 3 nitrogen and oxygen atoms in total. The van der Waals surface area contributed by atoms with Gasteiger partial charge >= 0.3 is 0 Å². The topological polar surface area (TPSA) is 26.2 Å². The molecule has 1 saturated carbocycles. The summed E-state index contributed by atoms with van der Waals surface area (Å²) in [6.07, 6.45) is 8.46. The summed E-state index contributed by atoms with van der Waals surface area (Å²) in [5, 5.41) is 4.65. The predicted octanol–water partition coefficient (Wildman–Crippen LogP) is 3.63. The van der Waals surface area contributed by atoms with E-state index in [1.165, 1.54) is 42.1 Å². The van der Waals surface area contributed by atoms with Crippen LogP contribution in [-0.4, -0.2) is 23.8 Å². The Morgan fingerprint density at radius 3 is 3.00 bits per heavy atom. The van der Waals surface area contributed by atoms with Gasteiger partial charge in [0.25, 0.3) is 0 Å². The molecule has 2 aliphatic rings. The monoisotopic (exact) mass is 284 g/mol. The second-order valence-electron chi connectivity index (χ2n) is 6.64. The molecule has 2 heterocycles. The standard InChI is InChI=1S/C18H24N2O/c1-19-13-15-5-2-4-14-6-10-20(17(14)15)16-7-11-21-18(12-16)8-3-9-18/h2,4-6,10,16,19H,3,7-9,11-13H2,1H3. The highest BCUT2D eigenvalue weighted by molar-refractivity contribution is 5.83. The molecule has 21 heavy (non-hydrogen) atoms. The van der Waals surface area contributed by atoms with Gasteiger partial charge in [-0.25, -0.2) is 0 Å². The van der Waals surface area contributed by atoms with E-state index in [-0.39, 0.29) is 5.60 Å². The van der Waals surface area contributed by atoms with Gasteiger partial charge in [-0.3, -0.25) is 0 Å². The van der Waals surface area contributed by atoms with Gasteiger partial charge in [-0.2, -0.15) is 0 Å². The number of para-hydroxylation sites is 1. The minimum atomic E-state index is 0.206. The van der Waals surface area contributed by atoms with E-state index in [2.05, 4.69) is 40.3 Å². The molecule has 0 amide bonds. The third kappa shape index (κ3) is 2.19. The van der Waals surface area contributed by atoms with Crippen molar-refractivity contribution in [1.82, 2.24) is 9.88 Å². The number of ether oxygens (including phenoxy) is 1. The van der Waals surface area contributed by atoms with E-state index in [0.717, 1.165) is 19.6 Å². The maximum absolute atomic E-state index is 6.09. The lowest BCUT2D eigenvalue weighted by Gasteiger charge is -2.47. The van der Waals surface area contributed by atoms with Crippen LogP contribution < -0.4 is 5.32 Å². The third-order valence-corrected chi connectivity index (χ3v) is 5.32. The molecule has 1 unspecified atom stereocenters. The van der Waals surface area contributed by atoms with Crippen LogP contribution >= 0.6 is 0 Å². The van der Waals surface area contributed by atoms with Crippen molar-refractivity contribution in [1.29, 1.82) is 0 Å². The van der Waals surface area contributed by atoms with Crippen LogP contribution in [0.5, 0.6) is 0 Å². The van der Waals surface area contributed by atoms with Crippen LogP contribution in [-0.2, 0) is 11.3 Å². The highest BCUT2D eigenvalue weighted by Gasteiger charge is 2.43. The second-order valence-corrected chi connectivity index (χ2v) is 6.64. The van der Waals surface area contributed by atoms with E-state index in [0.29, 0.717) is 6.04 Å². The van der Waals surface area contributed by atoms with Crippen molar-refractivity contribution >= 4 is 10.9 Å². The summed E-state index contributed by atoms with van der Waals surface area (Å²) in [7, 11) is 2.02. The van der Waals surface area contributed by atoms with Gasteiger partial charge in [-0.05, 0) is 56.2 Å². The average Bonchev–Trinajstić information content (AvgIpc) is 2.91. The summed E-state index contributed by atoms with van der Waals surface area (Å²) >= 11 is 0. The maximum atomic E-state index is 6.09. The Labute approximate surface area is 126 Å². The Morgan fingerprint density at radius 1 is 1.33 bits per heavy atom. The molecule has 1 aliphatic carbocycles. The van der Waals surface area contributed by atoms with E-state index in [1.54, 1.807) is 0 Å². The Morgan fingerprint density at radius 2 is 2.24 bits per heavy atom. The lowest BCUT2D eigenvalue weighted by molar-refractivity contribution is -0.140. The van der Waals surface area contributed by atoms with E-state index in [9.17, 15) is 0 Å². The minimum Gasteiger partial charge on any atom is -0.375 e. The molecule has 1 aliphatic heterocycles. The van der Waals surface area contributed by atoms with Crippen LogP contribution in [0.15, 0.2) is 30.5 Å². The maximum Gasteiger partial charge on any atom is 0.0702 e. The SMILES string of the molecule is CNCc1cccc2ccn(C3CCOC4(CCC4)C3)c12. The van der Waals surface area contributed by atoms with Crippen LogP contribution in [0, 0.1) is 0 Å². The van der Waals surface area contributed by atoms with Crippen molar-refractivity contribution in [3.8, 4) is 0 Å². The first-order valence-corrected chi connectivity index (χ1v) is 8.18. The summed E-state index contributed by atoms with van der Waals surface area (Å²) in [6.45, 7) is 1.84. The quantitative estimate of drug-likeness (QED) is 0.931. The molecule has 0 bridgehead atoms. The van der Waals surface area contributed by atoms with E-state index in [4.69, 9.17) is 4.74 Å². The van der Waals surface area contributed by atoms with Crippen molar-refractivity contribution in [2.75, 3.05) is 13.7 Å². The number of aromatic nitrogens is 1. The fourth-order valence-corrected chi connectivity index (χ4v) is 4.09. The molecule has 3 heteroatoms. The fourth-order valence-electron chi connectivity index (χ4n) is 4.09. The molecule has 2 aromatic rings.